The van der Waals surface area contributed by atoms with Crippen LogP contribution >= 0.6 is 15.9 Å². The molecule has 0 aliphatic heterocycles. The van der Waals surface area contributed by atoms with E-state index in [2.05, 4.69) is 27.1 Å². The summed E-state index contributed by atoms with van der Waals surface area (Å²) in [5.74, 6) is 0. The van der Waals surface area contributed by atoms with Gasteiger partial charge in [-0.25, -0.2) is 4.68 Å². The molecule has 0 unspecified atom stereocenters. The lowest BCUT2D eigenvalue weighted by Gasteiger charge is -2.01. The van der Waals surface area contributed by atoms with Gasteiger partial charge >= 0.3 is 0 Å². The molecule has 0 aliphatic carbocycles. The van der Waals surface area contributed by atoms with Gasteiger partial charge in [0.1, 0.15) is 0 Å². The van der Waals surface area contributed by atoms with Crippen LogP contribution in [0.25, 0.3) is 16.8 Å². The Morgan fingerprint density at radius 3 is 2.70 bits per heavy atom. The molecule has 3 rings (SSSR count). The van der Waals surface area contributed by atoms with E-state index < -0.39 is 0 Å². The molecule has 4 heteroatoms. The quantitative estimate of drug-likeness (QED) is 0.710. The minimum atomic E-state index is 0.627. The van der Waals surface area contributed by atoms with Gasteiger partial charge in [0.2, 0.25) is 0 Å². The summed E-state index contributed by atoms with van der Waals surface area (Å²) in [5, 5.41) is 13.3. The monoisotopic (exact) mass is 323 g/mol. The second kappa shape index (κ2) is 5.32. The Bertz CT molecular complexity index is 799. The van der Waals surface area contributed by atoms with E-state index in [1.165, 1.54) is 0 Å². The van der Waals surface area contributed by atoms with Crippen molar-refractivity contribution in [2.75, 3.05) is 0 Å². The minimum Gasteiger partial charge on any atom is -0.240 e. The van der Waals surface area contributed by atoms with Gasteiger partial charge in [-0.3, -0.25) is 0 Å². The van der Waals surface area contributed by atoms with E-state index in [9.17, 15) is 0 Å². The lowest BCUT2D eigenvalue weighted by Crippen LogP contribution is -1.94. The van der Waals surface area contributed by atoms with Crippen molar-refractivity contribution in [1.29, 1.82) is 5.26 Å². The Morgan fingerprint density at radius 2 is 1.90 bits per heavy atom. The van der Waals surface area contributed by atoms with Crippen LogP contribution in [-0.2, 0) is 0 Å². The summed E-state index contributed by atoms with van der Waals surface area (Å²) in [4.78, 5) is 0. The van der Waals surface area contributed by atoms with Gasteiger partial charge in [-0.2, -0.15) is 10.4 Å². The Kier molecular flexibility index (Phi) is 3.36. The maximum atomic E-state index is 8.94. The van der Waals surface area contributed by atoms with Crippen LogP contribution in [0.3, 0.4) is 0 Å². The third-order valence-corrected chi connectivity index (χ3v) is 3.47. The number of benzene rings is 2. The number of hydrogen-bond donors (Lipinski definition) is 0. The second-order valence-electron chi connectivity index (χ2n) is 4.35. The van der Waals surface area contributed by atoms with Crippen LogP contribution < -0.4 is 0 Å². The largest absolute Gasteiger partial charge is 0.240 e. The molecule has 0 saturated heterocycles. The van der Waals surface area contributed by atoms with Crippen molar-refractivity contribution in [3.63, 3.8) is 0 Å². The lowest BCUT2D eigenvalue weighted by atomic mass is 10.1. The first-order valence-corrected chi connectivity index (χ1v) is 6.87. The maximum Gasteiger partial charge on any atom is 0.0992 e. The van der Waals surface area contributed by atoms with Gasteiger partial charge in [0.25, 0.3) is 0 Å². The molecule has 0 bridgehead atoms. The summed E-state index contributed by atoms with van der Waals surface area (Å²) < 4.78 is 2.81. The van der Waals surface area contributed by atoms with Crippen LogP contribution in [0.5, 0.6) is 0 Å². The van der Waals surface area contributed by atoms with Gasteiger partial charge in [-0.05, 0) is 35.9 Å². The van der Waals surface area contributed by atoms with E-state index >= 15 is 0 Å². The average Bonchev–Trinajstić information content (AvgIpc) is 2.97. The van der Waals surface area contributed by atoms with Crippen LogP contribution in [0.15, 0.2) is 65.4 Å². The number of hydrogen-bond acceptors (Lipinski definition) is 2. The van der Waals surface area contributed by atoms with Crippen molar-refractivity contribution in [3.05, 3.63) is 71.0 Å². The number of halogens is 1. The first-order chi connectivity index (χ1) is 9.76. The summed E-state index contributed by atoms with van der Waals surface area (Å²) in [7, 11) is 0. The number of rotatable bonds is 2. The molecule has 3 nitrogen and oxygen atoms in total. The smallest absolute Gasteiger partial charge is 0.0992 e. The van der Waals surface area contributed by atoms with Crippen molar-refractivity contribution in [2.24, 2.45) is 0 Å². The second-order valence-corrected chi connectivity index (χ2v) is 5.26. The Hall–Kier alpha value is -2.38. The molecule has 96 valence electrons. The maximum absolute atomic E-state index is 8.94. The Balaban J connectivity index is 2.00. The lowest BCUT2D eigenvalue weighted by molar-refractivity contribution is 0.880. The standard InChI is InChI=1S/C16H10BrN3/c17-15-5-2-4-13(8-15)14-10-19-20(11-14)16-6-1-3-12(7-16)9-18/h1-8,10-11H. The SMILES string of the molecule is N#Cc1cccc(-n2cc(-c3cccc(Br)c3)cn2)c1. The molecule has 0 saturated carbocycles. The van der Waals surface area contributed by atoms with Crippen LogP contribution in [-0.4, -0.2) is 9.78 Å². The zero-order valence-corrected chi connectivity index (χ0v) is 12.1. The predicted molar refractivity (Wildman–Crippen MR) is 81.4 cm³/mol. The van der Waals surface area contributed by atoms with E-state index in [0.717, 1.165) is 21.3 Å². The third kappa shape index (κ3) is 2.49. The molecule has 0 aliphatic rings. The topological polar surface area (TPSA) is 41.6 Å². The van der Waals surface area contributed by atoms with Crippen LogP contribution in [0.4, 0.5) is 0 Å². The summed E-state index contributed by atoms with van der Waals surface area (Å²) >= 11 is 3.47. The van der Waals surface area contributed by atoms with E-state index in [1.54, 1.807) is 10.7 Å². The zero-order chi connectivity index (χ0) is 13.9. The van der Waals surface area contributed by atoms with Gasteiger partial charge in [-0.15, -0.1) is 0 Å². The highest BCUT2D eigenvalue weighted by atomic mass is 79.9. The molecule has 0 N–H and O–H groups in total. The molecule has 0 atom stereocenters. The zero-order valence-electron chi connectivity index (χ0n) is 10.5. The molecule has 20 heavy (non-hydrogen) atoms. The normalized spacial score (nSPS) is 10.2. The van der Waals surface area contributed by atoms with Gasteiger partial charge in [-0.1, -0.05) is 34.1 Å². The highest BCUT2D eigenvalue weighted by Gasteiger charge is 2.04. The van der Waals surface area contributed by atoms with Gasteiger partial charge in [0, 0.05) is 16.2 Å². The summed E-state index contributed by atoms with van der Waals surface area (Å²) in [6.07, 6.45) is 3.78. The molecule has 0 radical (unpaired) electrons. The van der Waals surface area contributed by atoms with Crippen LogP contribution in [0.2, 0.25) is 0 Å². The highest BCUT2D eigenvalue weighted by molar-refractivity contribution is 9.10. The number of nitrogens with zero attached hydrogens (tertiary/aromatic N) is 3. The first-order valence-electron chi connectivity index (χ1n) is 6.07. The fourth-order valence-electron chi connectivity index (χ4n) is 2.00. The number of nitriles is 1. The summed E-state index contributed by atoms with van der Waals surface area (Å²) in [6.45, 7) is 0. The summed E-state index contributed by atoms with van der Waals surface area (Å²) in [5.41, 5.74) is 3.64. The first kappa shape index (κ1) is 12.6. The minimum absolute atomic E-state index is 0.627. The van der Waals surface area contributed by atoms with Gasteiger partial charge in [0.15, 0.2) is 0 Å². The average molecular weight is 324 g/mol. The van der Waals surface area contributed by atoms with Gasteiger partial charge < -0.3 is 0 Å². The van der Waals surface area contributed by atoms with Crippen LogP contribution in [0, 0.1) is 11.3 Å². The molecule has 1 aromatic heterocycles. The molecule has 0 fully saturated rings. The van der Waals surface area contributed by atoms with Crippen molar-refractivity contribution < 1.29 is 0 Å². The van der Waals surface area contributed by atoms with Crippen LogP contribution in [0.1, 0.15) is 5.56 Å². The van der Waals surface area contributed by atoms with Crippen molar-refractivity contribution in [2.45, 2.75) is 0 Å². The Morgan fingerprint density at radius 1 is 1.05 bits per heavy atom. The molecular weight excluding hydrogens is 314 g/mol. The van der Waals surface area contributed by atoms with Crippen molar-refractivity contribution in [3.8, 4) is 22.9 Å². The molecule has 3 aromatic rings. The number of aromatic nitrogens is 2. The fraction of sp³-hybridized carbons (Fsp3) is 0. The third-order valence-electron chi connectivity index (χ3n) is 2.98. The van der Waals surface area contributed by atoms with Crippen molar-refractivity contribution >= 4 is 15.9 Å². The highest BCUT2D eigenvalue weighted by Crippen LogP contribution is 2.23. The van der Waals surface area contributed by atoms with Gasteiger partial charge in [0.05, 0.1) is 23.5 Å². The Labute approximate surface area is 125 Å². The molecule has 0 amide bonds. The summed E-state index contributed by atoms with van der Waals surface area (Å²) in [6, 6.07) is 17.6. The molecule has 1 heterocycles. The van der Waals surface area contributed by atoms with E-state index in [-0.39, 0.29) is 0 Å². The predicted octanol–water partition coefficient (Wildman–Crippen LogP) is 4.17. The fourth-order valence-corrected chi connectivity index (χ4v) is 2.40. The molecule has 0 spiro atoms. The molecule has 2 aromatic carbocycles. The van der Waals surface area contributed by atoms with E-state index in [1.807, 2.05) is 54.9 Å². The van der Waals surface area contributed by atoms with Crippen molar-refractivity contribution in [1.82, 2.24) is 9.78 Å². The van der Waals surface area contributed by atoms with E-state index in [4.69, 9.17) is 5.26 Å². The van der Waals surface area contributed by atoms with E-state index in [0.29, 0.717) is 5.56 Å². The molecular formula is C16H10BrN3.